The molecule has 0 bridgehead atoms. The Bertz CT molecular complexity index is 3680. The van der Waals surface area contributed by atoms with Crippen LogP contribution >= 0.6 is 23.2 Å². The van der Waals surface area contributed by atoms with Crippen LogP contribution in [0, 0.1) is 12.3 Å². The smallest absolute Gasteiger partial charge is 0.388 e. The number of alkyl halides is 4. The molecular weight excluding hydrogens is 1180 g/mol. The third kappa shape index (κ3) is 16.7. The molecule has 0 saturated heterocycles. The van der Waals surface area contributed by atoms with Crippen LogP contribution in [-0.4, -0.2) is 127 Å². The summed E-state index contributed by atoms with van der Waals surface area (Å²) in [6, 6.07) is 8.81. The number of hydrogen-bond acceptors (Lipinski definition) is 21. The summed E-state index contributed by atoms with van der Waals surface area (Å²) >= 11 is 12.3. The van der Waals surface area contributed by atoms with Crippen molar-refractivity contribution in [3.05, 3.63) is 98.8 Å². The van der Waals surface area contributed by atoms with Crippen molar-refractivity contribution >= 4 is 83.0 Å². The third-order valence-corrected chi connectivity index (χ3v) is 14.9. The number of urea groups is 2. The first-order valence-electron chi connectivity index (χ1n) is 21.9. The number of benzene rings is 2. The molecule has 4 amide bonds. The molecule has 4 aromatic heterocycles. The number of terminal acetylenes is 1. The molecule has 37 heteroatoms. The minimum atomic E-state index is -4.71. The highest BCUT2D eigenvalue weighted by Crippen LogP contribution is 2.33. The Balaban J connectivity index is 0.000000223. The zero-order chi connectivity index (χ0) is 59.1. The first-order chi connectivity index (χ1) is 37.7. The third-order valence-electron chi connectivity index (χ3n) is 9.73. The zero-order valence-electron chi connectivity index (χ0n) is 41.0. The van der Waals surface area contributed by atoms with Gasteiger partial charge in [0.15, 0.2) is 14.9 Å². The van der Waals surface area contributed by atoms with E-state index in [1.807, 2.05) is 0 Å². The molecule has 0 unspecified atom stereocenters. The van der Waals surface area contributed by atoms with Gasteiger partial charge in [0.2, 0.25) is 35.4 Å². The number of sulfone groups is 1. The number of carboxylic acid groups (broad SMARTS) is 1. The fraction of sp³-hybridized carbons (Fsp3) is 0.256. The van der Waals surface area contributed by atoms with Crippen molar-refractivity contribution in [2.45, 2.75) is 60.8 Å². The van der Waals surface area contributed by atoms with Gasteiger partial charge in [-0.1, -0.05) is 48.2 Å². The molecule has 0 aliphatic carbocycles. The molecule has 6 aromatic rings. The summed E-state index contributed by atoms with van der Waals surface area (Å²) in [6.45, 7) is -4.70. The van der Waals surface area contributed by atoms with Crippen LogP contribution in [0.3, 0.4) is 0 Å². The van der Waals surface area contributed by atoms with E-state index < -0.39 is 99.2 Å². The van der Waals surface area contributed by atoms with Gasteiger partial charge in [-0.2, -0.15) is 50.6 Å². The van der Waals surface area contributed by atoms with E-state index >= 15 is 0 Å². The number of amides is 4. The average molecular weight is 1220 g/mol. The predicted octanol–water partition coefficient (Wildman–Crippen LogP) is 4.77. The summed E-state index contributed by atoms with van der Waals surface area (Å²) in [5.74, 6) is -1.46. The van der Waals surface area contributed by atoms with E-state index in [1.54, 1.807) is 20.7 Å². The molecule has 0 fully saturated rings. The number of methoxy groups -OCH3 is 2. The number of aromatic carboxylic acids is 1. The Hall–Kier alpha value is -8.59. The van der Waals surface area contributed by atoms with Gasteiger partial charge >= 0.3 is 36.9 Å². The Morgan fingerprint density at radius 1 is 0.775 bits per heavy atom. The average Bonchev–Trinajstić information content (AvgIpc) is 3.79. The summed E-state index contributed by atoms with van der Waals surface area (Å²) in [5, 5.41) is 17.1. The van der Waals surface area contributed by atoms with Crippen LogP contribution < -0.4 is 49.5 Å². The Kier molecular flexibility index (Phi) is 21.3. The van der Waals surface area contributed by atoms with Crippen LogP contribution in [0.2, 0.25) is 10.0 Å². The number of aromatic nitrogens is 8. The van der Waals surface area contributed by atoms with E-state index in [4.69, 9.17) is 48.9 Å². The molecule has 28 nitrogen and oxygen atoms in total. The molecule has 2 aromatic carbocycles. The SMILES string of the molecule is C#CCOc1cc(-n2nc3n(c2=O)CCCC3)c(Cl)cc1Cl.CCS(=O)(=O)c1cccnc1S(=O)(=O)NC(=O)Nc1nc(OC)cc(OC)n1.O=C(Nc1nc(OC(F)F)cc(OC(F)F)n1)NS(=O)(=O)c1ccccc1C(=O)O. The first-order valence-corrected chi connectivity index (χ1v) is 27.3. The van der Waals surface area contributed by atoms with E-state index in [2.05, 4.69) is 50.7 Å². The van der Waals surface area contributed by atoms with Crippen LogP contribution in [0.25, 0.3) is 5.69 Å². The standard InChI is InChI=1S/C15H13Cl2N3O2.C14H10F4N4O7S.C14H17N5O7S2/c1-2-7-22-13-9-12(10(16)8-11(13)17)20-15(21)19-6-4-3-5-14(19)18-20;15-11(16)28-8-5-9(29-12(17)18)20-13(19-8)21-14(25)22-30(26,27)7-4-2-1-3-6(7)10(23)24;1-4-27(21,22)9-6-5-7-15-12(9)28(23,24)19-14(20)18-13-16-10(25-2)8-11(17-13)26-3/h1,8-9H,3-7H2;1-5,11-12H,(H,23,24)(H2,19,20,21,22,25);5-8H,4H2,1-3H3,(H2,16,17,18,19,20). The number of nitrogens with one attached hydrogen (secondary N) is 4. The number of ether oxygens (including phenoxy) is 5. The lowest BCUT2D eigenvalue weighted by Crippen LogP contribution is -2.36. The summed E-state index contributed by atoms with van der Waals surface area (Å²) in [6.07, 6.45) is 9.07. The van der Waals surface area contributed by atoms with Gasteiger partial charge in [0, 0.05) is 25.2 Å². The lowest BCUT2D eigenvalue weighted by molar-refractivity contribution is -0.0579. The summed E-state index contributed by atoms with van der Waals surface area (Å²) < 4.78 is 152. The van der Waals surface area contributed by atoms with Crippen molar-refractivity contribution in [1.29, 1.82) is 0 Å². The molecule has 428 valence electrons. The molecule has 1 aliphatic heterocycles. The van der Waals surface area contributed by atoms with Gasteiger partial charge in [-0.25, -0.2) is 50.4 Å². The predicted molar refractivity (Wildman–Crippen MR) is 270 cm³/mol. The Morgan fingerprint density at radius 2 is 1.32 bits per heavy atom. The number of carbonyl (C=O) groups excluding carboxylic acids is 2. The number of aryl methyl sites for hydroxylation is 1. The van der Waals surface area contributed by atoms with Crippen LogP contribution in [0.4, 0.5) is 39.0 Å². The fourth-order valence-electron chi connectivity index (χ4n) is 6.35. The van der Waals surface area contributed by atoms with Crippen molar-refractivity contribution in [3.8, 4) is 47.3 Å². The van der Waals surface area contributed by atoms with E-state index in [0.29, 0.717) is 34.1 Å². The summed E-state index contributed by atoms with van der Waals surface area (Å²) in [7, 11) is -10.6. The van der Waals surface area contributed by atoms with Crippen LogP contribution in [0.1, 0.15) is 35.9 Å². The van der Waals surface area contributed by atoms with E-state index in [9.17, 15) is 62.0 Å². The molecule has 5 N–H and O–H groups in total. The second kappa shape index (κ2) is 27.3. The fourth-order valence-corrected chi connectivity index (χ4v) is 10.5. The number of nitrogens with zero attached hydrogens (tertiary/aromatic N) is 8. The number of carbonyl (C=O) groups is 3. The number of rotatable bonds is 18. The van der Waals surface area contributed by atoms with Gasteiger partial charge in [-0.15, -0.1) is 11.5 Å². The van der Waals surface area contributed by atoms with E-state index in [-0.39, 0.29) is 35.8 Å². The number of halogens is 6. The second-order valence-corrected chi connectivity index (χ2v) is 21.3. The molecule has 0 radical (unpaired) electrons. The van der Waals surface area contributed by atoms with Gasteiger partial charge in [0.05, 0.1) is 53.4 Å². The lowest BCUT2D eigenvalue weighted by Gasteiger charge is -2.11. The Morgan fingerprint density at radius 3 is 1.86 bits per heavy atom. The largest absolute Gasteiger partial charge is 0.481 e. The van der Waals surface area contributed by atoms with Crippen LogP contribution in [0.15, 0.2) is 86.5 Å². The minimum Gasteiger partial charge on any atom is -0.481 e. The highest BCUT2D eigenvalue weighted by Gasteiger charge is 2.30. The van der Waals surface area contributed by atoms with Gasteiger partial charge in [-0.3, -0.25) is 15.2 Å². The molecule has 1 aliphatic rings. The number of pyridine rings is 1. The summed E-state index contributed by atoms with van der Waals surface area (Å²) in [5.41, 5.74) is -0.416. The molecule has 0 atom stereocenters. The number of carboxylic acids is 1. The number of anilines is 2. The highest BCUT2D eigenvalue weighted by atomic mass is 35.5. The van der Waals surface area contributed by atoms with Crippen LogP contribution in [-0.2, 0) is 42.8 Å². The quantitative estimate of drug-likeness (QED) is 0.0571. The minimum absolute atomic E-state index is 0.0612. The topological polar surface area (TPSA) is 372 Å². The maximum atomic E-state index is 12.5. The number of fused-ring (bicyclic) bond motifs is 1. The van der Waals surface area contributed by atoms with Gasteiger partial charge < -0.3 is 28.8 Å². The van der Waals surface area contributed by atoms with Gasteiger partial charge in [0.1, 0.15) is 28.0 Å². The maximum Gasteiger partial charge on any atom is 0.388 e. The molecule has 7 rings (SSSR count). The second-order valence-electron chi connectivity index (χ2n) is 15.0. The van der Waals surface area contributed by atoms with Crippen molar-refractivity contribution in [3.63, 3.8) is 0 Å². The Labute approximate surface area is 459 Å². The van der Waals surface area contributed by atoms with Gasteiger partial charge in [0.25, 0.3) is 20.0 Å². The van der Waals surface area contributed by atoms with Crippen molar-refractivity contribution in [2.75, 3.05) is 37.2 Å². The first kappa shape index (κ1) is 62.3. The van der Waals surface area contributed by atoms with Gasteiger partial charge in [-0.05, 0) is 43.2 Å². The zero-order valence-corrected chi connectivity index (χ0v) is 44.9. The lowest BCUT2D eigenvalue weighted by atomic mass is 10.2. The molecule has 5 heterocycles. The summed E-state index contributed by atoms with van der Waals surface area (Å²) in [4.78, 5) is 64.1. The molecule has 0 saturated carbocycles. The number of sulfonamides is 2. The number of hydrogen-bond donors (Lipinski definition) is 5. The highest BCUT2D eigenvalue weighted by molar-refractivity contribution is 7.93. The molecule has 80 heavy (non-hydrogen) atoms. The molecule has 0 spiro atoms. The van der Waals surface area contributed by atoms with Crippen molar-refractivity contribution in [1.82, 2.24) is 48.7 Å². The van der Waals surface area contributed by atoms with E-state index in [0.717, 1.165) is 49.5 Å². The van der Waals surface area contributed by atoms with Crippen molar-refractivity contribution in [2.24, 2.45) is 0 Å². The van der Waals surface area contributed by atoms with Crippen molar-refractivity contribution < 1.29 is 86.0 Å². The monoisotopic (exact) mass is 1220 g/mol. The van der Waals surface area contributed by atoms with Crippen LogP contribution in [0.5, 0.6) is 29.3 Å². The van der Waals surface area contributed by atoms with E-state index in [1.165, 1.54) is 60.9 Å². The maximum absolute atomic E-state index is 12.5. The molecular formula is C43H40Cl2F4N12O16S3. The normalized spacial score (nSPS) is 12.0.